The van der Waals surface area contributed by atoms with E-state index in [9.17, 15) is 4.79 Å². The lowest BCUT2D eigenvalue weighted by molar-refractivity contribution is -0.121. The molecular weight excluding hydrogens is 274 g/mol. The molecule has 1 atom stereocenters. The minimum absolute atomic E-state index is 0.0326. The van der Waals surface area contributed by atoms with Crippen molar-refractivity contribution < 1.29 is 4.79 Å². The summed E-state index contributed by atoms with van der Waals surface area (Å²) in [7, 11) is 0. The van der Waals surface area contributed by atoms with Gasteiger partial charge < -0.3 is 5.32 Å². The summed E-state index contributed by atoms with van der Waals surface area (Å²) >= 11 is 5.06. The molecule has 1 amide bonds. The Labute approximate surface area is 102 Å². The lowest BCUT2D eigenvalue weighted by atomic mass is 10.0. The molecule has 0 fully saturated rings. The number of hydrogen-bond acceptors (Lipinski definition) is 2. The van der Waals surface area contributed by atoms with Gasteiger partial charge in [0.15, 0.2) is 0 Å². The van der Waals surface area contributed by atoms with Crippen LogP contribution in [0.4, 0.5) is 0 Å². The smallest absolute Gasteiger partial charge is 0.228 e. The standard InChI is InChI=1S/C11H12BrNOS/c12-5-6-13-11(14)9-7-15-10-4-2-1-3-8(9)10/h1-4,9H,5-7H2,(H,13,14). The van der Waals surface area contributed by atoms with Crippen molar-refractivity contribution in [3.8, 4) is 0 Å². The van der Waals surface area contributed by atoms with Crippen LogP contribution in [0.3, 0.4) is 0 Å². The van der Waals surface area contributed by atoms with Crippen molar-refractivity contribution in [3.63, 3.8) is 0 Å². The van der Waals surface area contributed by atoms with E-state index in [1.807, 2.05) is 18.2 Å². The molecule has 1 aromatic carbocycles. The minimum atomic E-state index is 0.0326. The van der Waals surface area contributed by atoms with Gasteiger partial charge in [-0.15, -0.1) is 11.8 Å². The Kier molecular flexibility index (Phi) is 3.70. The van der Waals surface area contributed by atoms with Gasteiger partial charge in [0.05, 0.1) is 5.92 Å². The van der Waals surface area contributed by atoms with E-state index in [0.29, 0.717) is 6.54 Å². The van der Waals surface area contributed by atoms with Gasteiger partial charge in [-0.3, -0.25) is 4.79 Å². The summed E-state index contributed by atoms with van der Waals surface area (Å²) < 4.78 is 0. The molecule has 15 heavy (non-hydrogen) atoms. The average Bonchev–Trinajstić information content (AvgIpc) is 2.69. The summed E-state index contributed by atoms with van der Waals surface area (Å²) in [5.41, 5.74) is 1.18. The summed E-state index contributed by atoms with van der Waals surface area (Å²) in [5.74, 6) is 1.05. The predicted molar refractivity (Wildman–Crippen MR) is 66.7 cm³/mol. The van der Waals surface area contributed by atoms with E-state index in [0.717, 1.165) is 11.1 Å². The molecule has 0 aromatic heterocycles. The Morgan fingerprint density at radius 1 is 1.53 bits per heavy atom. The first kappa shape index (κ1) is 11.0. The number of carbonyl (C=O) groups excluding carboxylic acids is 1. The largest absolute Gasteiger partial charge is 0.355 e. The van der Waals surface area contributed by atoms with Crippen LogP contribution in [0.15, 0.2) is 29.2 Å². The number of benzene rings is 1. The van der Waals surface area contributed by atoms with Gasteiger partial charge >= 0.3 is 0 Å². The zero-order valence-corrected chi connectivity index (χ0v) is 10.6. The van der Waals surface area contributed by atoms with Crippen LogP contribution in [0.5, 0.6) is 0 Å². The molecule has 1 unspecified atom stereocenters. The van der Waals surface area contributed by atoms with Crippen LogP contribution < -0.4 is 5.32 Å². The van der Waals surface area contributed by atoms with E-state index in [1.165, 1.54) is 10.5 Å². The third kappa shape index (κ3) is 2.37. The van der Waals surface area contributed by atoms with Crippen molar-refractivity contribution >= 4 is 33.6 Å². The fraction of sp³-hybridized carbons (Fsp3) is 0.364. The monoisotopic (exact) mass is 285 g/mol. The fourth-order valence-electron chi connectivity index (χ4n) is 1.67. The van der Waals surface area contributed by atoms with Gasteiger partial charge in [0.2, 0.25) is 5.91 Å². The molecule has 0 spiro atoms. The molecule has 1 heterocycles. The van der Waals surface area contributed by atoms with Crippen molar-refractivity contribution in [1.29, 1.82) is 0 Å². The summed E-state index contributed by atoms with van der Waals surface area (Å²) in [5, 5.41) is 3.72. The zero-order chi connectivity index (χ0) is 10.7. The molecule has 0 bridgehead atoms. The van der Waals surface area contributed by atoms with Crippen molar-refractivity contribution in [2.45, 2.75) is 10.8 Å². The topological polar surface area (TPSA) is 29.1 Å². The number of hydrogen-bond donors (Lipinski definition) is 1. The highest BCUT2D eigenvalue weighted by molar-refractivity contribution is 9.09. The number of alkyl halides is 1. The maximum Gasteiger partial charge on any atom is 0.228 e. The third-order valence-electron chi connectivity index (χ3n) is 2.41. The highest BCUT2D eigenvalue weighted by Gasteiger charge is 2.28. The maximum absolute atomic E-state index is 11.8. The number of rotatable bonds is 3. The molecule has 0 saturated heterocycles. The second kappa shape index (κ2) is 5.03. The number of fused-ring (bicyclic) bond motifs is 1. The predicted octanol–water partition coefficient (Wildman–Crippen LogP) is 2.39. The summed E-state index contributed by atoms with van der Waals surface area (Å²) in [6.07, 6.45) is 0. The Bertz CT molecular complexity index is 369. The molecule has 80 valence electrons. The molecule has 2 nitrogen and oxygen atoms in total. The van der Waals surface area contributed by atoms with Gasteiger partial charge in [-0.1, -0.05) is 34.1 Å². The van der Waals surface area contributed by atoms with Crippen molar-refractivity contribution in [2.75, 3.05) is 17.6 Å². The molecule has 4 heteroatoms. The number of halogens is 1. The Balaban J connectivity index is 2.10. The van der Waals surface area contributed by atoms with Gasteiger partial charge in [0, 0.05) is 22.5 Å². The lowest BCUT2D eigenvalue weighted by Gasteiger charge is -2.10. The van der Waals surface area contributed by atoms with Gasteiger partial charge in [-0.25, -0.2) is 0 Å². The van der Waals surface area contributed by atoms with Crippen molar-refractivity contribution in [1.82, 2.24) is 5.32 Å². The summed E-state index contributed by atoms with van der Waals surface area (Å²) in [4.78, 5) is 13.1. The van der Waals surface area contributed by atoms with E-state index in [4.69, 9.17) is 0 Å². The summed E-state index contributed by atoms with van der Waals surface area (Å²) in [6, 6.07) is 8.14. The highest BCUT2D eigenvalue weighted by atomic mass is 79.9. The van der Waals surface area contributed by atoms with E-state index < -0.39 is 0 Å². The quantitative estimate of drug-likeness (QED) is 0.864. The molecule has 1 aliphatic rings. The molecular formula is C11H12BrNOS. The molecule has 1 N–H and O–H groups in total. The molecule has 0 saturated carbocycles. The van der Waals surface area contributed by atoms with Crippen LogP contribution in [0.25, 0.3) is 0 Å². The van der Waals surface area contributed by atoms with Gasteiger partial charge in [0.25, 0.3) is 0 Å². The van der Waals surface area contributed by atoms with Crippen LogP contribution in [0, 0.1) is 0 Å². The first-order valence-corrected chi connectivity index (χ1v) is 6.99. The third-order valence-corrected chi connectivity index (χ3v) is 3.99. The SMILES string of the molecule is O=C(NCCBr)C1CSc2ccccc21. The number of thioether (sulfide) groups is 1. The maximum atomic E-state index is 11.8. The highest BCUT2D eigenvalue weighted by Crippen LogP contribution is 2.39. The van der Waals surface area contributed by atoms with Gasteiger partial charge in [-0.2, -0.15) is 0 Å². The van der Waals surface area contributed by atoms with Crippen LogP contribution >= 0.6 is 27.7 Å². The molecule has 0 aliphatic carbocycles. The average molecular weight is 286 g/mol. The van der Waals surface area contributed by atoms with Crippen LogP contribution in [-0.4, -0.2) is 23.5 Å². The van der Waals surface area contributed by atoms with Crippen LogP contribution in [0.2, 0.25) is 0 Å². The normalized spacial score (nSPS) is 18.6. The first-order valence-electron chi connectivity index (χ1n) is 4.88. The second-order valence-corrected chi connectivity index (χ2v) is 5.24. The molecule has 1 aliphatic heterocycles. The van der Waals surface area contributed by atoms with Crippen molar-refractivity contribution in [3.05, 3.63) is 29.8 Å². The summed E-state index contributed by atoms with van der Waals surface area (Å²) in [6.45, 7) is 0.697. The second-order valence-electron chi connectivity index (χ2n) is 3.38. The number of carbonyl (C=O) groups is 1. The molecule has 2 rings (SSSR count). The van der Waals surface area contributed by atoms with Crippen LogP contribution in [0.1, 0.15) is 11.5 Å². The minimum Gasteiger partial charge on any atom is -0.355 e. The van der Waals surface area contributed by atoms with Gasteiger partial charge in [0.1, 0.15) is 0 Å². The Morgan fingerprint density at radius 2 is 2.33 bits per heavy atom. The molecule has 0 radical (unpaired) electrons. The number of amides is 1. The fourth-order valence-corrected chi connectivity index (χ4v) is 3.10. The van der Waals surface area contributed by atoms with E-state index in [2.05, 4.69) is 27.3 Å². The van der Waals surface area contributed by atoms with E-state index in [1.54, 1.807) is 11.8 Å². The van der Waals surface area contributed by atoms with E-state index in [-0.39, 0.29) is 11.8 Å². The van der Waals surface area contributed by atoms with Crippen LogP contribution in [-0.2, 0) is 4.79 Å². The zero-order valence-electron chi connectivity index (χ0n) is 8.20. The Morgan fingerprint density at radius 3 is 3.13 bits per heavy atom. The van der Waals surface area contributed by atoms with Crippen molar-refractivity contribution in [2.24, 2.45) is 0 Å². The first-order chi connectivity index (χ1) is 7.33. The van der Waals surface area contributed by atoms with Gasteiger partial charge in [-0.05, 0) is 11.6 Å². The number of nitrogens with one attached hydrogen (secondary N) is 1. The van der Waals surface area contributed by atoms with E-state index >= 15 is 0 Å². The molecule has 1 aromatic rings. The Hall–Kier alpha value is -0.480. The lowest BCUT2D eigenvalue weighted by Crippen LogP contribution is -2.30.